The molecule has 1 N–H and O–H groups in total. The molecule has 1 aromatic carbocycles. The maximum Gasteiger partial charge on any atom is 0.276 e. The zero-order valence-corrected chi connectivity index (χ0v) is 20.7. The van der Waals surface area contributed by atoms with E-state index in [0.717, 1.165) is 11.2 Å². The summed E-state index contributed by atoms with van der Waals surface area (Å²) in [4.78, 5) is 22.2. The molecule has 3 heterocycles. The first-order valence-electron chi connectivity index (χ1n) is 8.74. The number of aromatic amines is 1. The summed E-state index contributed by atoms with van der Waals surface area (Å²) in [7, 11) is 3.47. The van der Waals surface area contributed by atoms with Crippen LogP contribution in [-0.4, -0.2) is 44.9 Å². The van der Waals surface area contributed by atoms with E-state index in [-0.39, 0.29) is 46.0 Å². The van der Waals surface area contributed by atoms with Gasteiger partial charge in [0.2, 0.25) is 0 Å². The number of aryl methyl sites for hydroxylation is 3. The normalized spacial score (nSPS) is 14.8. The number of H-pyrrole nitrogens is 1. The van der Waals surface area contributed by atoms with Crippen molar-refractivity contribution >= 4 is 45.0 Å². The van der Waals surface area contributed by atoms with E-state index in [1.807, 2.05) is 20.0 Å². The summed E-state index contributed by atoms with van der Waals surface area (Å²) < 4.78 is 0. The summed E-state index contributed by atoms with van der Waals surface area (Å²) in [6, 6.07) is 7.64. The minimum Gasteiger partial charge on any atom is -0.377 e. The number of aromatic nitrogens is 2. The van der Waals surface area contributed by atoms with Crippen molar-refractivity contribution in [3.05, 3.63) is 53.0 Å². The third kappa shape index (κ3) is 4.76. The Bertz CT molecular complexity index is 1100. The van der Waals surface area contributed by atoms with E-state index in [1.165, 1.54) is 32.3 Å². The van der Waals surface area contributed by atoms with Crippen LogP contribution in [0.15, 0.2) is 30.1 Å². The fourth-order valence-electron chi connectivity index (χ4n) is 3.39. The quantitative estimate of drug-likeness (QED) is 0.287. The fraction of sp³-hybridized carbons (Fsp3) is 0.318. The second kappa shape index (κ2) is 9.92. The van der Waals surface area contributed by atoms with Gasteiger partial charge in [0.05, 0.1) is 11.7 Å². The summed E-state index contributed by atoms with van der Waals surface area (Å²) >= 11 is 4.97. The smallest absolute Gasteiger partial charge is 0.276 e. The number of nitrogens with zero attached hydrogens (tertiary/aromatic N) is 3. The number of hydrogen-bond donors (Lipinski definition) is 1. The number of thiocarbonyl (C=S) groups is 1. The Kier molecular flexibility index (Phi) is 8.69. The van der Waals surface area contributed by atoms with Crippen LogP contribution < -0.4 is 0 Å². The Morgan fingerprint density at radius 2 is 1.79 bits per heavy atom. The molecule has 0 unspecified atom stereocenters. The van der Waals surface area contributed by atoms with Crippen LogP contribution in [0.3, 0.4) is 0 Å². The molecule has 0 atom stereocenters. The van der Waals surface area contributed by atoms with Crippen molar-refractivity contribution in [2.75, 3.05) is 14.1 Å². The van der Waals surface area contributed by atoms with Crippen molar-refractivity contribution < 1.29 is 37.5 Å². The van der Waals surface area contributed by atoms with E-state index in [0.29, 0.717) is 10.8 Å². The summed E-state index contributed by atoms with van der Waals surface area (Å²) in [6.07, 6.45) is 3.66. The number of carbonyl (C=O) groups excluding carboxylic acids is 1. The Labute approximate surface area is 203 Å². The number of hydrogen-bond acceptors (Lipinski definition) is 3. The molecular weight excluding hydrogens is 457 g/mol. The first-order valence-corrected chi connectivity index (χ1v) is 9.15. The van der Waals surface area contributed by atoms with Gasteiger partial charge in [-0.15, -0.1) is 6.07 Å². The number of allylic oxidation sites excluding steroid dienone is 1. The molecule has 1 radical (unpaired) electrons. The Hall–Kier alpha value is -1.63. The van der Waals surface area contributed by atoms with Gasteiger partial charge in [-0.2, -0.15) is 17.2 Å². The number of nitrogens with one attached hydrogen (secondary N) is 1. The molecule has 7 heteroatoms. The van der Waals surface area contributed by atoms with Crippen LogP contribution >= 0.6 is 12.2 Å². The number of rotatable bonds is 0. The molecule has 1 aliphatic heterocycles. The predicted octanol–water partition coefficient (Wildman–Crippen LogP) is 4.65. The minimum atomic E-state index is -0.0278. The van der Waals surface area contributed by atoms with Gasteiger partial charge in [-0.05, 0) is 37.5 Å². The van der Waals surface area contributed by atoms with Crippen molar-refractivity contribution in [3.63, 3.8) is 0 Å². The predicted molar refractivity (Wildman–Crippen MR) is 120 cm³/mol. The van der Waals surface area contributed by atoms with E-state index < -0.39 is 0 Å². The number of amides is 1. The largest absolute Gasteiger partial charge is 0.377 e. The molecular formula is C22H27N4OSY-. The van der Waals surface area contributed by atoms with E-state index in [1.54, 1.807) is 25.1 Å². The van der Waals surface area contributed by atoms with Gasteiger partial charge >= 0.3 is 0 Å². The maximum atomic E-state index is 11.3. The van der Waals surface area contributed by atoms with E-state index in [2.05, 4.69) is 42.0 Å². The first-order chi connectivity index (χ1) is 12.7. The summed E-state index contributed by atoms with van der Waals surface area (Å²) in [6.45, 7) is 8.02. The van der Waals surface area contributed by atoms with Crippen LogP contribution in [0.2, 0.25) is 0 Å². The molecule has 3 aromatic rings. The van der Waals surface area contributed by atoms with Crippen molar-refractivity contribution in [1.82, 2.24) is 19.8 Å². The molecule has 1 aliphatic rings. The zero-order valence-electron chi connectivity index (χ0n) is 17.0. The van der Waals surface area contributed by atoms with Gasteiger partial charge in [-0.3, -0.25) is 14.7 Å². The van der Waals surface area contributed by atoms with E-state index in [9.17, 15) is 4.79 Å². The number of fused-ring (bicyclic) bond motifs is 3. The van der Waals surface area contributed by atoms with Crippen molar-refractivity contribution in [2.24, 2.45) is 0 Å². The minimum absolute atomic E-state index is 0. The fourth-order valence-corrected chi connectivity index (χ4v) is 3.57. The molecule has 1 saturated heterocycles. The number of likely N-dealkylation sites (N-methyl/N-ethyl adjacent to an activating group) is 2. The van der Waals surface area contributed by atoms with Gasteiger partial charge in [0.15, 0.2) is 5.11 Å². The molecule has 1 amide bonds. The molecule has 0 aliphatic carbocycles. The average molecular weight is 484 g/mol. The van der Waals surface area contributed by atoms with Crippen molar-refractivity contribution in [1.29, 1.82) is 0 Å². The zero-order chi connectivity index (χ0) is 19.9. The topological polar surface area (TPSA) is 52.2 Å². The third-order valence-electron chi connectivity index (χ3n) is 4.70. The second-order valence-corrected chi connectivity index (χ2v) is 7.11. The SMILES string of the molecule is C.C/C=C1/C(=O)N(C)C(=S)N1C.Cc1[c-]c(C)c2c(c1)[nH]c1cnc(C)cc12.[Y]. The van der Waals surface area contributed by atoms with Crippen LogP contribution in [-0.2, 0) is 37.5 Å². The van der Waals surface area contributed by atoms with Crippen LogP contribution in [0.5, 0.6) is 0 Å². The van der Waals surface area contributed by atoms with Crippen LogP contribution in [0.1, 0.15) is 31.2 Å². The Morgan fingerprint density at radius 1 is 1.14 bits per heavy atom. The third-order valence-corrected chi connectivity index (χ3v) is 5.25. The molecule has 0 spiro atoms. The number of carbonyl (C=O) groups is 1. The number of benzene rings is 1. The van der Waals surface area contributed by atoms with E-state index >= 15 is 0 Å². The van der Waals surface area contributed by atoms with Crippen LogP contribution in [0, 0.1) is 26.8 Å². The van der Waals surface area contributed by atoms with Crippen LogP contribution in [0.25, 0.3) is 21.8 Å². The van der Waals surface area contributed by atoms with Crippen molar-refractivity contribution in [2.45, 2.75) is 35.1 Å². The second-order valence-electron chi connectivity index (χ2n) is 6.74. The average Bonchev–Trinajstić information content (AvgIpc) is 3.06. The van der Waals surface area contributed by atoms with Crippen LogP contribution in [0.4, 0.5) is 0 Å². The standard InChI is InChI=1S/C14H13N2.C7H10N2OS.CH4.Y/c1-8-4-9(2)14-11-6-10(3)15-7-13(11)16-12(14)5-8;1-4-5-6(10)9(3)7(11)8(5)2;;/h5-7,16H,1-3H3;4H,1-3H3;1H4;/q-1;;;/b;5-4-;;. The van der Waals surface area contributed by atoms with Crippen molar-refractivity contribution in [3.8, 4) is 0 Å². The Balaban J connectivity index is 0.000000289. The molecule has 0 bridgehead atoms. The van der Waals surface area contributed by atoms with Gasteiger partial charge in [-0.1, -0.05) is 38.3 Å². The summed E-state index contributed by atoms with van der Waals surface area (Å²) in [5, 5.41) is 3.07. The first kappa shape index (κ1) is 25.4. The monoisotopic (exact) mass is 484 g/mol. The summed E-state index contributed by atoms with van der Waals surface area (Å²) in [5.41, 5.74) is 6.35. The van der Waals surface area contributed by atoms with Gasteiger partial charge in [0, 0.05) is 52.5 Å². The van der Waals surface area contributed by atoms with Gasteiger partial charge < -0.3 is 9.88 Å². The van der Waals surface area contributed by atoms with Gasteiger partial charge in [-0.25, -0.2) is 0 Å². The molecule has 5 nitrogen and oxygen atoms in total. The molecule has 29 heavy (non-hydrogen) atoms. The summed E-state index contributed by atoms with van der Waals surface area (Å²) in [5.74, 6) is -0.0278. The molecule has 151 valence electrons. The molecule has 4 rings (SSSR count). The molecule has 1 fully saturated rings. The van der Waals surface area contributed by atoms with E-state index in [4.69, 9.17) is 12.2 Å². The molecule has 0 saturated carbocycles. The van der Waals surface area contributed by atoms with Gasteiger partial charge in [0.25, 0.3) is 5.91 Å². The molecule has 2 aromatic heterocycles. The van der Waals surface area contributed by atoms with Gasteiger partial charge in [0.1, 0.15) is 5.70 Å². The number of pyridine rings is 1. The maximum absolute atomic E-state index is 11.3. The Morgan fingerprint density at radius 3 is 2.31 bits per heavy atom.